The van der Waals surface area contributed by atoms with E-state index in [4.69, 9.17) is 18.8 Å². The maximum absolute atomic E-state index is 6.25. The van der Waals surface area contributed by atoms with Crippen LogP contribution in [0.1, 0.15) is 25.0 Å². The van der Waals surface area contributed by atoms with Crippen LogP contribution in [-0.2, 0) is 5.41 Å². The second-order valence-corrected chi connectivity index (χ2v) is 13.9. The van der Waals surface area contributed by atoms with Crippen molar-refractivity contribution >= 4 is 22.2 Å². The quantitative estimate of drug-likeness (QED) is 0.185. The Morgan fingerprint density at radius 2 is 0.804 bits per heavy atom. The summed E-state index contributed by atoms with van der Waals surface area (Å²) in [5, 5.41) is 0. The lowest BCUT2D eigenvalue weighted by atomic mass is 9.80. The van der Waals surface area contributed by atoms with Gasteiger partial charge in [-0.25, -0.2) is 9.97 Å². The fraction of sp³-hybridized carbons (Fsp3) is 0.0638. The summed E-state index contributed by atoms with van der Waals surface area (Å²) < 4.78 is 12.5. The van der Waals surface area contributed by atoms with Gasteiger partial charge in [0.05, 0.1) is 0 Å². The molecule has 2 aromatic heterocycles. The number of aromatic nitrogens is 2. The standard InChI is InChI=1S/C47H32N2O2/c1-47(2)39-27-32(29-11-4-3-5-12-29)19-21-37(39)38-22-20-33(28-40(38)47)30-13-10-14-31(23-30)34-24-35(45-48-41-15-6-8-17-43(41)50-45)26-36(25-34)46-49-42-16-7-9-18-44(42)51-46/h3-28H,1-2H3. The Labute approximate surface area is 295 Å². The SMILES string of the molecule is CC1(C)c2cc(-c3ccccc3)ccc2-c2ccc(-c3cccc(-c4cc(-c5nc6ccccc6o5)cc(-c5nc6ccccc6o5)c4)c3)cc21. The summed E-state index contributed by atoms with van der Waals surface area (Å²) in [5.74, 6) is 1.12. The van der Waals surface area contributed by atoms with Crippen LogP contribution in [0.4, 0.5) is 0 Å². The van der Waals surface area contributed by atoms with Gasteiger partial charge in [-0.1, -0.05) is 111 Å². The average Bonchev–Trinajstić information content (AvgIpc) is 3.88. The number of benzene rings is 7. The van der Waals surface area contributed by atoms with Gasteiger partial charge >= 0.3 is 0 Å². The summed E-state index contributed by atoms with van der Waals surface area (Å²) in [4.78, 5) is 9.66. The lowest BCUT2D eigenvalue weighted by molar-refractivity contribution is 0.617. The zero-order valence-electron chi connectivity index (χ0n) is 28.2. The molecule has 10 rings (SSSR count). The number of hydrogen-bond acceptors (Lipinski definition) is 4. The zero-order chi connectivity index (χ0) is 34.1. The third-order valence-corrected chi connectivity index (χ3v) is 10.3. The normalized spacial score (nSPS) is 13.1. The first-order valence-electron chi connectivity index (χ1n) is 17.3. The monoisotopic (exact) mass is 656 g/mol. The van der Waals surface area contributed by atoms with Gasteiger partial charge in [-0.2, -0.15) is 0 Å². The predicted octanol–water partition coefficient (Wildman–Crippen LogP) is 12.6. The van der Waals surface area contributed by atoms with E-state index < -0.39 is 0 Å². The summed E-state index contributed by atoms with van der Waals surface area (Å²) in [7, 11) is 0. The molecule has 0 atom stereocenters. The Balaban J connectivity index is 1.06. The first-order chi connectivity index (χ1) is 25.0. The molecular weight excluding hydrogens is 625 g/mol. The summed E-state index contributed by atoms with van der Waals surface area (Å²) in [5.41, 5.74) is 17.0. The molecule has 0 aliphatic heterocycles. The first-order valence-corrected chi connectivity index (χ1v) is 17.3. The van der Waals surface area contributed by atoms with Crippen LogP contribution in [0.5, 0.6) is 0 Å². The topological polar surface area (TPSA) is 52.1 Å². The molecule has 0 spiro atoms. The van der Waals surface area contributed by atoms with Gasteiger partial charge < -0.3 is 8.83 Å². The second-order valence-electron chi connectivity index (χ2n) is 13.9. The van der Waals surface area contributed by atoms with Crippen molar-refractivity contribution in [1.29, 1.82) is 0 Å². The van der Waals surface area contributed by atoms with Crippen LogP contribution in [0.15, 0.2) is 167 Å². The number of nitrogens with zero attached hydrogens (tertiary/aromatic N) is 2. The Morgan fingerprint density at radius 3 is 1.37 bits per heavy atom. The minimum atomic E-state index is -0.133. The molecule has 7 aromatic carbocycles. The minimum Gasteiger partial charge on any atom is -0.436 e. The third kappa shape index (κ3) is 4.91. The second kappa shape index (κ2) is 11.3. The summed E-state index contributed by atoms with van der Waals surface area (Å²) in [6.45, 7) is 4.69. The van der Waals surface area contributed by atoms with Gasteiger partial charge in [0.1, 0.15) is 11.0 Å². The third-order valence-electron chi connectivity index (χ3n) is 10.3. The molecule has 2 heterocycles. The zero-order valence-corrected chi connectivity index (χ0v) is 28.2. The molecule has 0 fully saturated rings. The van der Waals surface area contributed by atoms with Gasteiger partial charge in [-0.3, -0.25) is 0 Å². The van der Waals surface area contributed by atoms with Crippen molar-refractivity contribution in [3.8, 4) is 67.4 Å². The molecule has 1 aliphatic carbocycles. The lowest BCUT2D eigenvalue weighted by Gasteiger charge is -2.22. The van der Waals surface area contributed by atoms with E-state index in [1.54, 1.807) is 0 Å². The average molecular weight is 657 g/mol. The van der Waals surface area contributed by atoms with Gasteiger partial charge in [-0.15, -0.1) is 0 Å². The molecule has 0 N–H and O–H groups in total. The Bertz CT molecular complexity index is 2630. The minimum absolute atomic E-state index is 0.133. The highest BCUT2D eigenvalue weighted by atomic mass is 16.4. The van der Waals surface area contributed by atoms with E-state index in [2.05, 4.69) is 117 Å². The molecule has 0 bridgehead atoms. The van der Waals surface area contributed by atoms with Crippen LogP contribution in [0, 0.1) is 0 Å². The fourth-order valence-electron chi connectivity index (χ4n) is 7.64. The molecule has 1 aliphatic rings. The molecule has 0 saturated carbocycles. The smallest absolute Gasteiger partial charge is 0.227 e. The van der Waals surface area contributed by atoms with Crippen molar-refractivity contribution < 1.29 is 8.83 Å². The van der Waals surface area contributed by atoms with Gasteiger partial charge in [-0.05, 0) is 116 Å². The van der Waals surface area contributed by atoms with Crippen molar-refractivity contribution in [2.45, 2.75) is 19.3 Å². The predicted molar refractivity (Wildman–Crippen MR) is 206 cm³/mol. The van der Waals surface area contributed by atoms with Gasteiger partial charge in [0.2, 0.25) is 11.8 Å². The highest BCUT2D eigenvalue weighted by Crippen LogP contribution is 2.50. The van der Waals surface area contributed by atoms with Crippen LogP contribution in [-0.4, -0.2) is 9.97 Å². The van der Waals surface area contributed by atoms with Crippen molar-refractivity contribution in [2.24, 2.45) is 0 Å². The van der Waals surface area contributed by atoms with Gasteiger partial charge in [0.15, 0.2) is 11.2 Å². The molecule has 51 heavy (non-hydrogen) atoms. The van der Waals surface area contributed by atoms with E-state index in [1.165, 1.54) is 38.9 Å². The fourth-order valence-corrected chi connectivity index (χ4v) is 7.64. The van der Waals surface area contributed by atoms with Crippen LogP contribution in [0.3, 0.4) is 0 Å². The van der Waals surface area contributed by atoms with Crippen LogP contribution < -0.4 is 0 Å². The number of fused-ring (bicyclic) bond motifs is 5. The van der Waals surface area contributed by atoms with Crippen LogP contribution in [0.25, 0.3) is 89.6 Å². The van der Waals surface area contributed by atoms with E-state index in [0.717, 1.165) is 50.0 Å². The molecule has 4 heteroatoms. The Kier molecular flexibility index (Phi) is 6.49. The van der Waals surface area contributed by atoms with E-state index in [-0.39, 0.29) is 5.41 Å². The number of oxazole rings is 2. The van der Waals surface area contributed by atoms with Gasteiger partial charge in [0.25, 0.3) is 0 Å². The van der Waals surface area contributed by atoms with E-state index in [9.17, 15) is 0 Å². The summed E-state index contributed by atoms with van der Waals surface area (Å²) in [6, 6.07) is 55.3. The highest BCUT2D eigenvalue weighted by molar-refractivity contribution is 5.87. The Morgan fingerprint density at radius 1 is 0.373 bits per heavy atom. The number of hydrogen-bond donors (Lipinski definition) is 0. The van der Waals surface area contributed by atoms with Crippen LogP contribution >= 0.6 is 0 Å². The summed E-state index contributed by atoms with van der Waals surface area (Å²) >= 11 is 0. The maximum atomic E-state index is 6.25. The number of para-hydroxylation sites is 4. The first kappa shape index (κ1) is 29.4. The molecule has 0 saturated heterocycles. The highest BCUT2D eigenvalue weighted by Gasteiger charge is 2.36. The Hall–Kier alpha value is -6.52. The van der Waals surface area contributed by atoms with E-state index in [1.807, 2.05) is 54.6 Å². The molecule has 4 nitrogen and oxygen atoms in total. The van der Waals surface area contributed by atoms with Crippen molar-refractivity contribution in [3.63, 3.8) is 0 Å². The molecule has 0 amide bonds. The van der Waals surface area contributed by atoms with Crippen LogP contribution in [0.2, 0.25) is 0 Å². The number of rotatable bonds is 5. The van der Waals surface area contributed by atoms with Gasteiger partial charge in [0, 0.05) is 16.5 Å². The van der Waals surface area contributed by atoms with Crippen molar-refractivity contribution in [3.05, 3.63) is 169 Å². The molecule has 0 radical (unpaired) electrons. The van der Waals surface area contributed by atoms with Crippen molar-refractivity contribution in [1.82, 2.24) is 9.97 Å². The maximum Gasteiger partial charge on any atom is 0.227 e. The lowest BCUT2D eigenvalue weighted by Crippen LogP contribution is -2.15. The molecule has 0 unspecified atom stereocenters. The van der Waals surface area contributed by atoms with E-state index >= 15 is 0 Å². The molecule has 242 valence electrons. The summed E-state index contributed by atoms with van der Waals surface area (Å²) in [6.07, 6.45) is 0. The van der Waals surface area contributed by atoms with Crippen molar-refractivity contribution in [2.75, 3.05) is 0 Å². The molecular formula is C47H32N2O2. The molecule has 9 aromatic rings. The largest absolute Gasteiger partial charge is 0.436 e. The van der Waals surface area contributed by atoms with E-state index in [0.29, 0.717) is 11.8 Å².